The van der Waals surface area contributed by atoms with E-state index in [0.29, 0.717) is 12.2 Å². The number of rotatable bonds is 6. The van der Waals surface area contributed by atoms with Gasteiger partial charge in [-0.2, -0.15) is 0 Å². The molecule has 7 nitrogen and oxygen atoms in total. The number of thioether (sulfide) groups is 1. The summed E-state index contributed by atoms with van der Waals surface area (Å²) in [5.74, 6) is 2.00. The van der Waals surface area contributed by atoms with Gasteiger partial charge < -0.3 is 20.4 Å². The van der Waals surface area contributed by atoms with Gasteiger partial charge in [-0.15, -0.1) is 11.8 Å². The van der Waals surface area contributed by atoms with E-state index in [9.17, 15) is 9.59 Å². The zero-order chi connectivity index (χ0) is 20.8. The number of ether oxygens (including phenoxy) is 1. The van der Waals surface area contributed by atoms with Crippen molar-refractivity contribution < 1.29 is 14.3 Å². The first-order valence-electron chi connectivity index (χ1n) is 9.71. The molecule has 1 aromatic heterocycles. The van der Waals surface area contributed by atoms with Crippen LogP contribution in [0, 0.1) is 0 Å². The molecular weight excluding hydrogens is 400 g/mol. The third-order valence-electron chi connectivity index (χ3n) is 4.74. The molecule has 2 atom stereocenters. The minimum atomic E-state index is -0.289. The third kappa shape index (κ3) is 5.01. The van der Waals surface area contributed by atoms with Gasteiger partial charge in [0.25, 0.3) is 5.91 Å². The summed E-state index contributed by atoms with van der Waals surface area (Å²) in [5.41, 5.74) is 1.26. The number of benzene rings is 2. The molecule has 1 aliphatic heterocycles. The first-order chi connectivity index (χ1) is 14.7. The van der Waals surface area contributed by atoms with Crippen molar-refractivity contribution in [2.45, 2.75) is 17.7 Å². The number of hydrogen-bond acceptors (Lipinski definition) is 5. The second-order valence-corrected chi connectivity index (χ2v) is 8.11. The van der Waals surface area contributed by atoms with Crippen LogP contribution < -0.4 is 15.4 Å². The molecule has 0 unspecified atom stereocenters. The molecule has 1 saturated heterocycles. The Morgan fingerprint density at radius 3 is 2.63 bits per heavy atom. The van der Waals surface area contributed by atoms with Crippen molar-refractivity contribution in [2.75, 3.05) is 12.3 Å². The van der Waals surface area contributed by atoms with Crippen LogP contribution in [0.2, 0.25) is 0 Å². The highest BCUT2D eigenvalue weighted by atomic mass is 32.2. The maximum Gasteiger partial charge on any atom is 0.271 e. The summed E-state index contributed by atoms with van der Waals surface area (Å²) in [5, 5.41) is 5.59. The first kappa shape index (κ1) is 20.0. The van der Waals surface area contributed by atoms with Crippen LogP contribution in [0.3, 0.4) is 0 Å². The molecule has 0 bridgehead atoms. The van der Waals surface area contributed by atoms with Crippen LogP contribution in [0.1, 0.15) is 27.7 Å². The maximum atomic E-state index is 12.8. The zero-order valence-corrected chi connectivity index (χ0v) is 17.0. The van der Waals surface area contributed by atoms with Crippen LogP contribution in [0.5, 0.6) is 11.5 Å². The van der Waals surface area contributed by atoms with Crippen LogP contribution in [-0.2, 0) is 4.79 Å². The van der Waals surface area contributed by atoms with Crippen LogP contribution >= 0.6 is 11.8 Å². The number of aromatic amines is 1. The zero-order valence-electron chi connectivity index (χ0n) is 16.2. The highest BCUT2D eigenvalue weighted by Crippen LogP contribution is 2.33. The van der Waals surface area contributed by atoms with Crippen molar-refractivity contribution in [3.8, 4) is 11.5 Å². The van der Waals surface area contributed by atoms with Crippen LogP contribution in [0.25, 0.3) is 0 Å². The van der Waals surface area contributed by atoms with E-state index in [1.165, 1.54) is 12.5 Å². The summed E-state index contributed by atoms with van der Waals surface area (Å²) in [6, 6.07) is 17.1. The molecule has 0 saturated carbocycles. The van der Waals surface area contributed by atoms with E-state index in [-0.39, 0.29) is 23.1 Å². The van der Waals surface area contributed by atoms with Crippen molar-refractivity contribution in [1.82, 2.24) is 20.6 Å². The number of nitrogens with zero attached hydrogens (tertiary/aromatic N) is 1. The quantitative estimate of drug-likeness (QED) is 0.567. The van der Waals surface area contributed by atoms with Crippen LogP contribution in [0.15, 0.2) is 67.1 Å². The van der Waals surface area contributed by atoms with E-state index >= 15 is 0 Å². The molecule has 0 radical (unpaired) electrons. The molecule has 2 heterocycles. The fraction of sp³-hybridized carbons (Fsp3) is 0.227. The fourth-order valence-corrected chi connectivity index (χ4v) is 4.41. The number of amides is 2. The van der Waals surface area contributed by atoms with Gasteiger partial charge in [-0.05, 0) is 42.0 Å². The number of carbonyl (C=O) groups excluding carboxylic acids is 2. The second-order valence-electron chi connectivity index (χ2n) is 6.89. The molecule has 0 aliphatic carbocycles. The number of nitrogens with one attached hydrogen (secondary N) is 3. The Bertz CT molecular complexity index is 977. The normalized spacial score (nSPS) is 18.9. The van der Waals surface area contributed by atoms with Gasteiger partial charge in [0.15, 0.2) is 0 Å². The number of H-pyrrole nitrogens is 1. The van der Waals surface area contributed by atoms with Crippen LogP contribution in [0.4, 0.5) is 0 Å². The Morgan fingerprint density at radius 2 is 1.90 bits per heavy atom. The maximum absolute atomic E-state index is 12.8. The number of hydrogen-bond donors (Lipinski definition) is 3. The van der Waals surface area contributed by atoms with E-state index in [2.05, 4.69) is 20.6 Å². The predicted molar refractivity (Wildman–Crippen MR) is 116 cm³/mol. The highest BCUT2D eigenvalue weighted by molar-refractivity contribution is 8.00. The molecule has 2 amide bonds. The molecule has 1 fully saturated rings. The standard InChI is InChI=1S/C22H22N4O3S/c27-21(19-13-23-14-25-19)24-12-16-10-11-30-20(22(28)26-16)15-6-8-18(9-7-15)29-17-4-2-1-3-5-17/h1-9,13-14,16,20H,10-12H2,(H,23,25)(H,24,27)(H,26,28)/t16-,20+/m0/s1. The molecule has 2 aromatic carbocycles. The second kappa shape index (κ2) is 9.49. The van der Waals surface area contributed by atoms with E-state index in [1.54, 1.807) is 11.8 Å². The van der Waals surface area contributed by atoms with Crippen molar-refractivity contribution in [3.05, 3.63) is 78.4 Å². The van der Waals surface area contributed by atoms with Crippen molar-refractivity contribution in [2.24, 2.45) is 0 Å². The summed E-state index contributed by atoms with van der Waals surface area (Å²) < 4.78 is 5.82. The Kier molecular flexibility index (Phi) is 6.34. The molecule has 154 valence electrons. The lowest BCUT2D eigenvalue weighted by Gasteiger charge is -2.18. The smallest absolute Gasteiger partial charge is 0.271 e. The minimum Gasteiger partial charge on any atom is -0.457 e. The van der Waals surface area contributed by atoms with Gasteiger partial charge in [0.1, 0.15) is 22.4 Å². The molecule has 3 N–H and O–H groups in total. The lowest BCUT2D eigenvalue weighted by molar-refractivity contribution is -0.121. The van der Waals surface area contributed by atoms with Crippen molar-refractivity contribution in [1.29, 1.82) is 0 Å². The Morgan fingerprint density at radius 1 is 1.13 bits per heavy atom. The lowest BCUT2D eigenvalue weighted by atomic mass is 10.1. The van der Waals surface area contributed by atoms with E-state index in [1.807, 2.05) is 54.6 Å². The molecule has 3 aromatic rings. The van der Waals surface area contributed by atoms with Gasteiger partial charge >= 0.3 is 0 Å². The Labute approximate surface area is 178 Å². The predicted octanol–water partition coefficient (Wildman–Crippen LogP) is 3.29. The summed E-state index contributed by atoms with van der Waals surface area (Å²) in [4.78, 5) is 31.5. The molecular formula is C22H22N4O3S. The molecule has 4 rings (SSSR count). The van der Waals surface area contributed by atoms with Gasteiger partial charge in [0, 0.05) is 18.8 Å². The van der Waals surface area contributed by atoms with Gasteiger partial charge in [-0.25, -0.2) is 4.98 Å². The van der Waals surface area contributed by atoms with Gasteiger partial charge in [0.05, 0.1) is 6.33 Å². The number of imidazole rings is 1. The van der Waals surface area contributed by atoms with Gasteiger partial charge in [0.2, 0.25) is 5.91 Å². The summed E-state index contributed by atoms with van der Waals surface area (Å²) in [6.45, 7) is 0.370. The fourth-order valence-electron chi connectivity index (χ4n) is 3.18. The first-order valence-corrected chi connectivity index (χ1v) is 10.8. The lowest BCUT2D eigenvalue weighted by Crippen LogP contribution is -2.43. The topological polar surface area (TPSA) is 96.1 Å². The average molecular weight is 423 g/mol. The summed E-state index contributed by atoms with van der Waals surface area (Å²) >= 11 is 1.61. The molecule has 0 spiro atoms. The van der Waals surface area contributed by atoms with Gasteiger partial charge in [-0.1, -0.05) is 30.3 Å². The molecule has 1 aliphatic rings. The number of para-hydroxylation sites is 1. The van der Waals surface area contributed by atoms with E-state index < -0.39 is 0 Å². The van der Waals surface area contributed by atoms with E-state index in [0.717, 1.165) is 29.2 Å². The average Bonchev–Trinajstić information content (AvgIpc) is 3.24. The Balaban J connectivity index is 1.34. The largest absolute Gasteiger partial charge is 0.457 e. The highest BCUT2D eigenvalue weighted by Gasteiger charge is 2.27. The third-order valence-corrected chi connectivity index (χ3v) is 6.03. The van der Waals surface area contributed by atoms with E-state index in [4.69, 9.17) is 4.74 Å². The van der Waals surface area contributed by atoms with Crippen LogP contribution in [-0.4, -0.2) is 40.1 Å². The summed E-state index contributed by atoms with van der Waals surface area (Å²) in [6.07, 6.45) is 3.78. The molecule has 8 heteroatoms. The number of carbonyl (C=O) groups is 2. The Hall–Kier alpha value is -3.26. The van der Waals surface area contributed by atoms with Crippen molar-refractivity contribution in [3.63, 3.8) is 0 Å². The SMILES string of the molecule is O=C(NC[C@@H]1CCS[C@H](c2ccc(Oc3ccccc3)cc2)C(=O)N1)c1c[nH]cn1. The summed E-state index contributed by atoms with van der Waals surface area (Å²) in [7, 11) is 0. The number of aromatic nitrogens is 2. The monoisotopic (exact) mass is 422 g/mol. The van der Waals surface area contributed by atoms with Crippen molar-refractivity contribution >= 4 is 23.6 Å². The van der Waals surface area contributed by atoms with Gasteiger partial charge in [-0.3, -0.25) is 9.59 Å². The minimum absolute atomic E-state index is 0.0479. The molecule has 30 heavy (non-hydrogen) atoms.